The van der Waals surface area contributed by atoms with Crippen LogP contribution in [0, 0.1) is 0 Å². The molecular formula is C21H16ClN3O. The van der Waals surface area contributed by atoms with Gasteiger partial charge in [-0.15, -0.1) is 0 Å². The Morgan fingerprint density at radius 3 is 2.46 bits per heavy atom. The van der Waals surface area contributed by atoms with E-state index in [9.17, 15) is 4.79 Å². The van der Waals surface area contributed by atoms with E-state index < -0.39 is 0 Å². The van der Waals surface area contributed by atoms with E-state index in [1.165, 1.54) is 0 Å². The highest BCUT2D eigenvalue weighted by Crippen LogP contribution is 2.21. The number of benzene rings is 2. The van der Waals surface area contributed by atoms with Crippen molar-refractivity contribution < 1.29 is 4.79 Å². The Labute approximate surface area is 156 Å². The summed E-state index contributed by atoms with van der Waals surface area (Å²) in [6.45, 7) is 0.413. The van der Waals surface area contributed by atoms with Crippen LogP contribution in [0.1, 0.15) is 16.1 Å². The monoisotopic (exact) mass is 361 g/mol. The van der Waals surface area contributed by atoms with Crippen LogP contribution in [-0.4, -0.2) is 15.3 Å². The number of halogens is 1. The predicted molar refractivity (Wildman–Crippen MR) is 104 cm³/mol. The van der Waals surface area contributed by atoms with E-state index in [4.69, 9.17) is 11.6 Å². The maximum atomic E-state index is 13.2. The Bertz CT molecular complexity index is 1040. The van der Waals surface area contributed by atoms with E-state index in [-0.39, 0.29) is 5.91 Å². The van der Waals surface area contributed by atoms with Crippen LogP contribution in [0.5, 0.6) is 0 Å². The fourth-order valence-corrected chi connectivity index (χ4v) is 3.03. The number of carbonyl (C=O) groups is 1. The Morgan fingerprint density at radius 1 is 0.962 bits per heavy atom. The van der Waals surface area contributed by atoms with Gasteiger partial charge in [0.2, 0.25) is 0 Å². The van der Waals surface area contributed by atoms with Gasteiger partial charge in [0, 0.05) is 22.5 Å². The highest BCUT2D eigenvalue weighted by atomic mass is 35.5. The maximum absolute atomic E-state index is 13.2. The minimum absolute atomic E-state index is 0.0845. The maximum Gasteiger partial charge on any atom is 0.258 e. The fraction of sp³-hybridized carbons (Fsp3) is 0.0476. The molecular weight excluding hydrogens is 346 g/mol. The molecule has 2 aromatic carbocycles. The van der Waals surface area contributed by atoms with Gasteiger partial charge >= 0.3 is 0 Å². The normalized spacial score (nSPS) is 10.8. The van der Waals surface area contributed by atoms with E-state index in [1.54, 1.807) is 35.4 Å². The number of fused-ring (bicyclic) bond motifs is 1. The third kappa shape index (κ3) is 3.19. The molecule has 4 rings (SSSR count). The first-order valence-electron chi connectivity index (χ1n) is 8.26. The second kappa shape index (κ2) is 7.02. The molecule has 0 unspecified atom stereocenters. The molecule has 0 aliphatic heterocycles. The Hall–Kier alpha value is -3.11. The Balaban J connectivity index is 1.74. The van der Waals surface area contributed by atoms with Gasteiger partial charge in [-0.1, -0.05) is 35.9 Å². The number of nitrogens with zero attached hydrogens (tertiary/aromatic N) is 3. The first-order chi connectivity index (χ1) is 12.7. The number of hydrogen-bond donors (Lipinski definition) is 0. The SMILES string of the molecule is O=C(c1ccc(Cl)cc1)N(Cc1cnc2ccccn12)c1ccccc1. The van der Waals surface area contributed by atoms with Gasteiger partial charge in [0.25, 0.3) is 5.91 Å². The number of hydrogen-bond acceptors (Lipinski definition) is 2. The van der Waals surface area contributed by atoms with Crippen LogP contribution >= 0.6 is 11.6 Å². The highest BCUT2D eigenvalue weighted by Gasteiger charge is 2.19. The second-order valence-electron chi connectivity index (χ2n) is 5.91. The number of aromatic nitrogens is 2. The molecule has 0 bridgehead atoms. The van der Waals surface area contributed by atoms with Crippen LogP contribution in [0.25, 0.3) is 5.65 Å². The summed E-state index contributed by atoms with van der Waals surface area (Å²) in [4.78, 5) is 19.3. The van der Waals surface area contributed by atoms with Gasteiger partial charge in [-0.05, 0) is 48.5 Å². The molecule has 1 amide bonds. The number of para-hydroxylation sites is 1. The van der Waals surface area contributed by atoms with Crippen LogP contribution in [-0.2, 0) is 6.54 Å². The zero-order valence-corrected chi connectivity index (χ0v) is 14.7. The quantitative estimate of drug-likeness (QED) is 0.522. The largest absolute Gasteiger partial charge is 0.302 e. The summed E-state index contributed by atoms with van der Waals surface area (Å²) < 4.78 is 1.99. The molecule has 4 aromatic rings. The molecule has 0 aliphatic carbocycles. The summed E-state index contributed by atoms with van der Waals surface area (Å²) in [7, 11) is 0. The highest BCUT2D eigenvalue weighted by molar-refractivity contribution is 6.30. The Morgan fingerprint density at radius 2 is 1.69 bits per heavy atom. The number of rotatable bonds is 4. The summed E-state index contributed by atoms with van der Waals surface area (Å²) >= 11 is 5.96. The van der Waals surface area contributed by atoms with Crippen LogP contribution in [0.3, 0.4) is 0 Å². The lowest BCUT2D eigenvalue weighted by atomic mass is 10.1. The topological polar surface area (TPSA) is 37.6 Å². The number of imidazole rings is 1. The van der Waals surface area contributed by atoms with Crippen LogP contribution in [0.15, 0.2) is 85.2 Å². The molecule has 0 saturated heterocycles. The molecule has 0 saturated carbocycles. The van der Waals surface area contributed by atoms with Crippen LogP contribution < -0.4 is 4.90 Å². The zero-order chi connectivity index (χ0) is 17.9. The fourth-order valence-electron chi connectivity index (χ4n) is 2.90. The van der Waals surface area contributed by atoms with Gasteiger partial charge in [0.1, 0.15) is 5.65 Å². The molecule has 0 aliphatic rings. The second-order valence-corrected chi connectivity index (χ2v) is 6.35. The first kappa shape index (κ1) is 16.4. The lowest BCUT2D eigenvalue weighted by Gasteiger charge is -2.23. The Kier molecular flexibility index (Phi) is 4.42. The molecule has 2 heterocycles. The van der Waals surface area contributed by atoms with Gasteiger partial charge in [0.15, 0.2) is 0 Å². The summed E-state index contributed by atoms with van der Waals surface area (Å²) in [5.74, 6) is -0.0845. The molecule has 5 heteroatoms. The molecule has 2 aromatic heterocycles. The van der Waals surface area contributed by atoms with Crippen molar-refractivity contribution in [1.29, 1.82) is 0 Å². The third-order valence-electron chi connectivity index (χ3n) is 4.22. The molecule has 0 fully saturated rings. The third-order valence-corrected chi connectivity index (χ3v) is 4.47. The lowest BCUT2D eigenvalue weighted by Crippen LogP contribution is -2.30. The lowest BCUT2D eigenvalue weighted by molar-refractivity contribution is 0.0985. The summed E-state index contributed by atoms with van der Waals surface area (Å²) in [6.07, 6.45) is 3.76. The average molecular weight is 362 g/mol. The molecule has 0 spiro atoms. The number of amides is 1. The first-order valence-corrected chi connectivity index (χ1v) is 8.63. The molecule has 0 N–H and O–H groups in total. The van der Waals surface area contributed by atoms with Gasteiger partial charge in [0.05, 0.1) is 18.4 Å². The van der Waals surface area contributed by atoms with Crippen molar-refractivity contribution in [3.8, 4) is 0 Å². The van der Waals surface area contributed by atoms with Crippen molar-refractivity contribution in [3.63, 3.8) is 0 Å². The van der Waals surface area contributed by atoms with E-state index in [0.29, 0.717) is 17.1 Å². The summed E-state index contributed by atoms with van der Waals surface area (Å²) in [6, 6.07) is 22.4. The standard InChI is InChI=1S/C21H16ClN3O/c22-17-11-9-16(10-12-17)21(26)25(18-6-2-1-3-7-18)15-19-14-23-20-8-4-5-13-24(19)20/h1-14H,15H2. The van der Waals surface area contributed by atoms with Gasteiger partial charge in [-0.2, -0.15) is 0 Å². The minimum Gasteiger partial charge on any atom is -0.302 e. The van der Waals surface area contributed by atoms with Crippen molar-refractivity contribution in [2.45, 2.75) is 6.54 Å². The number of anilines is 1. The van der Waals surface area contributed by atoms with E-state index in [2.05, 4.69) is 4.98 Å². The minimum atomic E-state index is -0.0845. The predicted octanol–water partition coefficient (Wildman–Crippen LogP) is 4.83. The summed E-state index contributed by atoms with van der Waals surface area (Å²) in [5.41, 5.74) is 3.21. The number of carbonyl (C=O) groups excluding carboxylic acids is 1. The van der Waals surface area contributed by atoms with Crippen molar-refractivity contribution in [1.82, 2.24) is 9.38 Å². The van der Waals surface area contributed by atoms with Crippen molar-refractivity contribution >= 4 is 28.8 Å². The smallest absolute Gasteiger partial charge is 0.258 e. The summed E-state index contributed by atoms with van der Waals surface area (Å²) in [5, 5.41) is 0.606. The molecule has 0 atom stereocenters. The average Bonchev–Trinajstić information content (AvgIpc) is 3.10. The van der Waals surface area contributed by atoms with Crippen molar-refractivity contribution in [2.75, 3.05) is 4.90 Å². The zero-order valence-electron chi connectivity index (χ0n) is 13.9. The van der Waals surface area contributed by atoms with E-state index in [1.807, 2.05) is 59.1 Å². The van der Waals surface area contributed by atoms with Gasteiger partial charge < -0.3 is 9.30 Å². The molecule has 26 heavy (non-hydrogen) atoms. The van der Waals surface area contributed by atoms with Gasteiger partial charge in [-0.25, -0.2) is 4.98 Å². The van der Waals surface area contributed by atoms with Crippen LogP contribution in [0.2, 0.25) is 5.02 Å². The van der Waals surface area contributed by atoms with Crippen molar-refractivity contribution in [2.24, 2.45) is 0 Å². The van der Waals surface area contributed by atoms with E-state index >= 15 is 0 Å². The molecule has 0 radical (unpaired) electrons. The van der Waals surface area contributed by atoms with E-state index in [0.717, 1.165) is 17.0 Å². The van der Waals surface area contributed by atoms with Crippen molar-refractivity contribution in [3.05, 3.63) is 101 Å². The van der Waals surface area contributed by atoms with Gasteiger partial charge in [-0.3, -0.25) is 4.79 Å². The van der Waals surface area contributed by atoms with Crippen LogP contribution in [0.4, 0.5) is 5.69 Å². The number of pyridine rings is 1. The molecule has 4 nitrogen and oxygen atoms in total. The molecule has 128 valence electrons.